The first-order valence-corrected chi connectivity index (χ1v) is 11.1. The quantitative estimate of drug-likeness (QED) is 0.500. The molecule has 5 nitrogen and oxygen atoms in total. The number of Topliss-reactive ketones (excluding diaryl/α,β-unsaturated/α-hetero) is 2. The molecule has 0 bridgehead atoms. The average molecular weight is 397 g/mol. The molecular weight excluding hydrogens is 356 g/mol. The number of rotatable bonds is 12. The van der Waals surface area contributed by atoms with Gasteiger partial charge in [-0.3, -0.25) is 9.59 Å². The van der Waals surface area contributed by atoms with E-state index in [9.17, 15) is 14.7 Å². The lowest BCUT2D eigenvalue weighted by Gasteiger charge is -2.30. The standard InChI is InChI=1S/C23H40O5/c1-22(2,20-18(25)11-15-27-20)13-7-5-9-17(24)10-6-8-14-23(3,4)21-19(26)12-16-28-21/h17,20-21,24H,5-16H2,1-4H3. The van der Waals surface area contributed by atoms with Crippen molar-refractivity contribution in [2.75, 3.05) is 13.2 Å². The van der Waals surface area contributed by atoms with E-state index in [1.807, 2.05) is 0 Å². The van der Waals surface area contributed by atoms with Crippen LogP contribution < -0.4 is 0 Å². The summed E-state index contributed by atoms with van der Waals surface area (Å²) in [5.41, 5.74) is -0.242. The Hall–Kier alpha value is -0.780. The second-order valence-electron chi connectivity index (χ2n) is 10.1. The molecule has 0 aromatic rings. The van der Waals surface area contributed by atoms with E-state index in [1.54, 1.807) is 0 Å². The van der Waals surface area contributed by atoms with Crippen molar-refractivity contribution in [3.05, 3.63) is 0 Å². The summed E-state index contributed by atoms with van der Waals surface area (Å²) in [7, 11) is 0. The lowest BCUT2D eigenvalue weighted by atomic mass is 9.79. The molecule has 2 unspecified atom stereocenters. The molecule has 2 saturated heterocycles. The minimum atomic E-state index is -0.264. The fourth-order valence-corrected chi connectivity index (χ4v) is 4.65. The number of aliphatic hydroxyl groups excluding tert-OH is 1. The molecule has 2 aliphatic heterocycles. The van der Waals surface area contributed by atoms with Crippen LogP contribution in [0.2, 0.25) is 0 Å². The fraction of sp³-hybridized carbons (Fsp3) is 0.913. The van der Waals surface area contributed by atoms with E-state index >= 15 is 0 Å². The monoisotopic (exact) mass is 396 g/mol. The maximum Gasteiger partial charge on any atom is 0.164 e. The largest absolute Gasteiger partial charge is 0.393 e. The molecule has 2 fully saturated rings. The number of aliphatic hydroxyl groups is 1. The molecule has 2 atom stereocenters. The third-order valence-corrected chi connectivity index (χ3v) is 6.49. The lowest BCUT2D eigenvalue weighted by Crippen LogP contribution is -2.34. The number of ether oxygens (including phenoxy) is 2. The third kappa shape index (κ3) is 6.64. The van der Waals surface area contributed by atoms with Crippen LogP contribution in [-0.2, 0) is 19.1 Å². The molecule has 28 heavy (non-hydrogen) atoms. The van der Waals surface area contributed by atoms with E-state index in [-0.39, 0.29) is 40.7 Å². The number of unbranched alkanes of at least 4 members (excludes halogenated alkanes) is 2. The van der Waals surface area contributed by atoms with Gasteiger partial charge in [-0.05, 0) is 36.5 Å². The molecule has 0 saturated carbocycles. The zero-order valence-corrected chi connectivity index (χ0v) is 18.3. The number of hydrogen-bond donors (Lipinski definition) is 1. The third-order valence-electron chi connectivity index (χ3n) is 6.49. The normalized spacial score (nSPS) is 24.9. The lowest BCUT2D eigenvalue weighted by molar-refractivity contribution is -0.128. The molecule has 2 aliphatic rings. The highest BCUT2D eigenvalue weighted by Gasteiger charge is 2.39. The molecule has 5 heteroatoms. The molecule has 162 valence electrons. The van der Waals surface area contributed by atoms with Crippen LogP contribution in [0.4, 0.5) is 0 Å². The van der Waals surface area contributed by atoms with Gasteiger partial charge >= 0.3 is 0 Å². The first kappa shape index (κ1) is 23.5. The number of ketones is 2. The Morgan fingerprint density at radius 1 is 0.821 bits per heavy atom. The van der Waals surface area contributed by atoms with Crippen LogP contribution in [-0.4, -0.2) is 48.2 Å². The van der Waals surface area contributed by atoms with Gasteiger partial charge in [0.2, 0.25) is 0 Å². The zero-order valence-electron chi connectivity index (χ0n) is 18.3. The van der Waals surface area contributed by atoms with E-state index in [1.165, 1.54) is 0 Å². The molecule has 0 aromatic carbocycles. The van der Waals surface area contributed by atoms with Crippen molar-refractivity contribution in [2.24, 2.45) is 10.8 Å². The van der Waals surface area contributed by atoms with Crippen molar-refractivity contribution in [2.45, 2.75) is 110 Å². The van der Waals surface area contributed by atoms with Crippen LogP contribution in [0.5, 0.6) is 0 Å². The number of carbonyl (C=O) groups is 2. The number of carbonyl (C=O) groups excluding carboxylic acids is 2. The van der Waals surface area contributed by atoms with Gasteiger partial charge in [0.05, 0.1) is 19.3 Å². The van der Waals surface area contributed by atoms with Crippen molar-refractivity contribution in [1.82, 2.24) is 0 Å². The first-order valence-electron chi connectivity index (χ1n) is 11.1. The predicted octanol–water partition coefficient (Wildman–Crippen LogP) is 4.24. The highest BCUT2D eigenvalue weighted by atomic mass is 16.5. The first-order chi connectivity index (χ1) is 13.1. The minimum Gasteiger partial charge on any atom is -0.393 e. The van der Waals surface area contributed by atoms with Crippen LogP contribution in [0, 0.1) is 10.8 Å². The van der Waals surface area contributed by atoms with Gasteiger partial charge in [-0.2, -0.15) is 0 Å². The summed E-state index contributed by atoms with van der Waals surface area (Å²) in [6, 6.07) is 0. The van der Waals surface area contributed by atoms with Gasteiger partial charge in [-0.25, -0.2) is 0 Å². The summed E-state index contributed by atoms with van der Waals surface area (Å²) in [6.07, 6.45) is 7.79. The summed E-state index contributed by atoms with van der Waals surface area (Å²) in [5.74, 6) is 0.468. The van der Waals surface area contributed by atoms with Crippen molar-refractivity contribution < 1.29 is 24.2 Å². The SMILES string of the molecule is CC(C)(CCCCC(O)CCCCC(C)(C)C1OCCC1=O)C1OCCC1=O. The Balaban J connectivity index is 1.56. The van der Waals surface area contributed by atoms with Gasteiger partial charge in [-0.1, -0.05) is 53.4 Å². The van der Waals surface area contributed by atoms with Crippen LogP contribution >= 0.6 is 0 Å². The van der Waals surface area contributed by atoms with Gasteiger partial charge in [0, 0.05) is 12.8 Å². The van der Waals surface area contributed by atoms with E-state index < -0.39 is 0 Å². The summed E-state index contributed by atoms with van der Waals surface area (Å²) in [4.78, 5) is 23.8. The van der Waals surface area contributed by atoms with E-state index in [4.69, 9.17) is 9.47 Å². The van der Waals surface area contributed by atoms with Gasteiger partial charge < -0.3 is 14.6 Å². The molecule has 2 heterocycles. The van der Waals surface area contributed by atoms with Crippen LogP contribution in [0.3, 0.4) is 0 Å². The average Bonchev–Trinajstić information content (AvgIpc) is 3.24. The Bertz CT molecular complexity index is 479. The van der Waals surface area contributed by atoms with Crippen LogP contribution in [0.15, 0.2) is 0 Å². The van der Waals surface area contributed by atoms with E-state index in [0.717, 1.165) is 51.4 Å². The van der Waals surface area contributed by atoms with Crippen molar-refractivity contribution in [1.29, 1.82) is 0 Å². The fourth-order valence-electron chi connectivity index (χ4n) is 4.65. The Morgan fingerprint density at radius 2 is 1.21 bits per heavy atom. The van der Waals surface area contributed by atoms with Gasteiger partial charge in [0.1, 0.15) is 12.2 Å². The molecule has 0 aliphatic carbocycles. The second-order valence-corrected chi connectivity index (χ2v) is 10.1. The molecule has 0 spiro atoms. The molecule has 0 aromatic heterocycles. The predicted molar refractivity (Wildman–Crippen MR) is 109 cm³/mol. The van der Waals surface area contributed by atoms with Gasteiger partial charge in [-0.15, -0.1) is 0 Å². The molecule has 1 N–H and O–H groups in total. The Kier molecular flexibility index (Phi) is 8.65. The number of hydrogen-bond acceptors (Lipinski definition) is 5. The van der Waals surface area contributed by atoms with Crippen LogP contribution in [0.1, 0.15) is 91.9 Å². The van der Waals surface area contributed by atoms with Gasteiger partial charge in [0.25, 0.3) is 0 Å². The van der Waals surface area contributed by atoms with Crippen molar-refractivity contribution in [3.63, 3.8) is 0 Å². The zero-order chi connectivity index (χ0) is 20.8. The summed E-state index contributed by atoms with van der Waals surface area (Å²) in [6.45, 7) is 9.55. The smallest absolute Gasteiger partial charge is 0.164 e. The topological polar surface area (TPSA) is 72.8 Å². The molecule has 2 rings (SSSR count). The van der Waals surface area contributed by atoms with Crippen LogP contribution in [0.25, 0.3) is 0 Å². The van der Waals surface area contributed by atoms with E-state index in [0.29, 0.717) is 26.1 Å². The highest BCUT2D eigenvalue weighted by molar-refractivity contribution is 5.85. The maximum atomic E-state index is 11.9. The summed E-state index contributed by atoms with van der Waals surface area (Å²) in [5, 5.41) is 10.3. The highest BCUT2D eigenvalue weighted by Crippen LogP contribution is 2.35. The maximum absolute atomic E-state index is 11.9. The van der Waals surface area contributed by atoms with Crippen molar-refractivity contribution in [3.8, 4) is 0 Å². The molecular formula is C23H40O5. The Morgan fingerprint density at radius 3 is 1.54 bits per heavy atom. The summed E-state index contributed by atoms with van der Waals surface area (Å²) >= 11 is 0. The molecule has 0 amide bonds. The second kappa shape index (κ2) is 10.3. The van der Waals surface area contributed by atoms with Crippen molar-refractivity contribution >= 4 is 11.6 Å². The minimum absolute atomic E-state index is 0.121. The molecule has 0 radical (unpaired) electrons. The van der Waals surface area contributed by atoms with Gasteiger partial charge in [0.15, 0.2) is 11.6 Å². The van der Waals surface area contributed by atoms with E-state index in [2.05, 4.69) is 27.7 Å². The Labute approximate surface area is 170 Å². The summed E-state index contributed by atoms with van der Waals surface area (Å²) < 4.78 is 11.2.